The molecule has 1 N–H and O–H groups in total. The van der Waals surface area contributed by atoms with Crippen LogP contribution in [0.3, 0.4) is 0 Å². The van der Waals surface area contributed by atoms with Crippen molar-refractivity contribution in [1.82, 2.24) is 9.97 Å². The number of halogens is 1. The van der Waals surface area contributed by atoms with E-state index in [4.69, 9.17) is 0 Å². The summed E-state index contributed by atoms with van der Waals surface area (Å²) in [7, 11) is 1.35. The van der Waals surface area contributed by atoms with Crippen molar-refractivity contribution in [2.24, 2.45) is 0 Å². The fourth-order valence-corrected chi connectivity index (χ4v) is 1.30. The molecule has 15 heavy (non-hydrogen) atoms. The zero-order valence-electron chi connectivity index (χ0n) is 8.74. The van der Waals surface area contributed by atoms with Gasteiger partial charge in [-0.1, -0.05) is 0 Å². The maximum absolute atomic E-state index is 11.2. The predicted octanol–water partition coefficient (Wildman–Crippen LogP) is 1.52. The first-order valence-corrected chi connectivity index (χ1v) is 5.17. The number of nitrogens with zero attached hydrogens (tertiary/aromatic N) is 2. The fourth-order valence-electron chi connectivity index (χ4n) is 0.997. The van der Waals surface area contributed by atoms with Gasteiger partial charge in [0.1, 0.15) is 17.7 Å². The monoisotopic (exact) mass is 273 g/mol. The Kier molecular flexibility index (Phi) is 4.02. The van der Waals surface area contributed by atoms with Crippen molar-refractivity contribution in [3.63, 3.8) is 0 Å². The summed E-state index contributed by atoms with van der Waals surface area (Å²) < 4.78 is 5.31. The lowest BCUT2D eigenvalue weighted by atomic mass is 10.3. The van der Waals surface area contributed by atoms with Crippen LogP contribution < -0.4 is 5.32 Å². The second kappa shape index (κ2) is 5.06. The number of methoxy groups -OCH3 is 1. The molecule has 0 fully saturated rings. The Morgan fingerprint density at radius 1 is 1.67 bits per heavy atom. The molecule has 6 heteroatoms. The van der Waals surface area contributed by atoms with E-state index in [0.717, 1.165) is 0 Å². The Morgan fingerprint density at radius 3 is 2.93 bits per heavy atom. The molecule has 0 aliphatic rings. The van der Waals surface area contributed by atoms with Gasteiger partial charge in [0.05, 0.1) is 11.6 Å². The lowest BCUT2D eigenvalue weighted by Crippen LogP contribution is -2.27. The molecule has 0 bridgehead atoms. The summed E-state index contributed by atoms with van der Waals surface area (Å²) in [6.07, 6.45) is 1.63. The number of ether oxygens (including phenoxy) is 1. The summed E-state index contributed by atoms with van der Waals surface area (Å²) in [5.74, 6) is 0.885. The number of rotatable bonds is 3. The molecule has 1 aromatic heterocycles. The highest BCUT2D eigenvalue weighted by molar-refractivity contribution is 9.10. The van der Waals surface area contributed by atoms with Crippen LogP contribution in [0.2, 0.25) is 0 Å². The van der Waals surface area contributed by atoms with Crippen molar-refractivity contribution >= 4 is 27.7 Å². The maximum Gasteiger partial charge on any atom is 0.328 e. The molecule has 0 saturated carbocycles. The van der Waals surface area contributed by atoms with Gasteiger partial charge in [0.2, 0.25) is 0 Å². The Morgan fingerprint density at radius 2 is 2.33 bits per heavy atom. The molecule has 0 aliphatic carbocycles. The number of hydrogen-bond donors (Lipinski definition) is 1. The summed E-state index contributed by atoms with van der Waals surface area (Å²) in [6, 6.07) is -0.444. The molecule has 1 rings (SSSR count). The van der Waals surface area contributed by atoms with Crippen LogP contribution in [-0.2, 0) is 9.53 Å². The van der Waals surface area contributed by atoms with Crippen molar-refractivity contribution in [1.29, 1.82) is 0 Å². The number of nitrogens with one attached hydrogen (secondary N) is 1. The molecule has 0 aromatic carbocycles. The van der Waals surface area contributed by atoms with Gasteiger partial charge in [0, 0.05) is 6.20 Å². The topological polar surface area (TPSA) is 64.1 Å². The van der Waals surface area contributed by atoms with E-state index >= 15 is 0 Å². The first-order chi connectivity index (χ1) is 7.04. The molecule has 1 unspecified atom stereocenters. The first kappa shape index (κ1) is 11.9. The second-order valence-corrected chi connectivity index (χ2v) is 3.86. The van der Waals surface area contributed by atoms with Gasteiger partial charge in [-0.3, -0.25) is 0 Å². The van der Waals surface area contributed by atoms with Crippen LogP contribution in [0.1, 0.15) is 12.7 Å². The highest BCUT2D eigenvalue weighted by Crippen LogP contribution is 2.19. The standard InChI is InChI=1S/C9H12BrN3O2/c1-5(9(14)15-3)12-8-7(10)4-11-6(2)13-8/h4-5H,1-3H3,(H,11,12,13). The zero-order chi connectivity index (χ0) is 11.4. The fraction of sp³-hybridized carbons (Fsp3) is 0.444. The smallest absolute Gasteiger partial charge is 0.328 e. The molecule has 0 saturated heterocycles. The van der Waals surface area contributed by atoms with Crippen molar-refractivity contribution in [2.75, 3.05) is 12.4 Å². The minimum atomic E-state index is -0.444. The highest BCUT2D eigenvalue weighted by atomic mass is 79.9. The molecule has 1 atom stereocenters. The van der Waals surface area contributed by atoms with E-state index in [1.54, 1.807) is 20.0 Å². The summed E-state index contributed by atoms with van der Waals surface area (Å²) >= 11 is 3.29. The van der Waals surface area contributed by atoms with Gasteiger partial charge in [-0.2, -0.15) is 0 Å². The van der Waals surface area contributed by atoms with Crippen LogP contribution in [0.4, 0.5) is 5.82 Å². The van der Waals surface area contributed by atoms with Crippen molar-refractivity contribution < 1.29 is 9.53 Å². The van der Waals surface area contributed by atoms with E-state index in [-0.39, 0.29) is 5.97 Å². The van der Waals surface area contributed by atoms with Gasteiger partial charge >= 0.3 is 5.97 Å². The molecule has 0 spiro atoms. The lowest BCUT2D eigenvalue weighted by molar-refractivity contribution is -0.141. The van der Waals surface area contributed by atoms with Gasteiger partial charge in [0.15, 0.2) is 0 Å². The van der Waals surface area contributed by atoms with Gasteiger partial charge in [-0.05, 0) is 29.8 Å². The third kappa shape index (κ3) is 3.16. The van der Waals surface area contributed by atoms with Crippen molar-refractivity contribution in [2.45, 2.75) is 19.9 Å². The van der Waals surface area contributed by atoms with Crippen LogP contribution in [-0.4, -0.2) is 29.1 Å². The third-order valence-electron chi connectivity index (χ3n) is 1.77. The molecule has 0 amide bonds. The SMILES string of the molecule is COC(=O)C(C)Nc1nc(C)ncc1Br. The summed E-state index contributed by atoms with van der Waals surface area (Å²) in [5.41, 5.74) is 0. The predicted molar refractivity (Wildman–Crippen MR) is 59.6 cm³/mol. The van der Waals surface area contributed by atoms with Gasteiger partial charge in [-0.25, -0.2) is 14.8 Å². The van der Waals surface area contributed by atoms with E-state index in [2.05, 4.69) is 36.0 Å². The minimum absolute atomic E-state index is 0.335. The second-order valence-electron chi connectivity index (χ2n) is 3.00. The number of anilines is 1. The Hall–Kier alpha value is -1.17. The Bertz CT molecular complexity index is 370. The van der Waals surface area contributed by atoms with Crippen LogP contribution in [0.25, 0.3) is 0 Å². The molecule has 1 aromatic rings. The quantitative estimate of drug-likeness (QED) is 0.847. The summed E-state index contributed by atoms with van der Waals surface area (Å²) in [5, 5.41) is 2.93. The third-order valence-corrected chi connectivity index (χ3v) is 2.35. The largest absolute Gasteiger partial charge is 0.467 e. The lowest BCUT2D eigenvalue weighted by Gasteiger charge is -2.13. The zero-order valence-corrected chi connectivity index (χ0v) is 10.3. The van der Waals surface area contributed by atoms with E-state index in [0.29, 0.717) is 16.1 Å². The molecular weight excluding hydrogens is 262 g/mol. The van der Waals surface area contributed by atoms with E-state index < -0.39 is 6.04 Å². The van der Waals surface area contributed by atoms with Gasteiger partial charge < -0.3 is 10.1 Å². The van der Waals surface area contributed by atoms with Crippen LogP contribution in [0, 0.1) is 6.92 Å². The molecule has 5 nitrogen and oxygen atoms in total. The normalized spacial score (nSPS) is 12.0. The van der Waals surface area contributed by atoms with Crippen LogP contribution in [0.5, 0.6) is 0 Å². The van der Waals surface area contributed by atoms with Crippen molar-refractivity contribution in [3.8, 4) is 0 Å². The number of aromatic nitrogens is 2. The van der Waals surface area contributed by atoms with E-state index in [9.17, 15) is 4.79 Å². The van der Waals surface area contributed by atoms with Crippen LogP contribution >= 0.6 is 15.9 Å². The summed E-state index contributed by atoms with van der Waals surface area (Å²) in [6.45, 7) is 3.48. The number of carbonyl (C=O) groups excluding carboxylic acids is 1. The van der Waals surface area contributed by atoms with E-state index in [1.165, 1.54) is 7.11 Å². The Labute approximate surface area is 96.4 Å². The molecule has 82 valence electrons. The molecule has 0 radical (unpaired) electrons. The first-order valence-electron chi connectivity index (χ1n) is 4.38. The highest BCUT2D eigenvalue weighted by Gasteiger charge is 2.14. The van der Waals surface area contributed by atoms with Crippen LogP contribution in [0.15, 0.2) is 10.7 Å². The summed E-state index contributed by atoms with van der Waals surface area (Å²) in [4.78, 5) is 19.3. The van der Waals surface area contributed by atoms with Gasteiger partial charge in [-0.15, -0.1) is 0 Å². The van der Waals surface area contributed by atoms with Gasteiger partial charge in [0.25, 0.3) is 0 Å². The minimum Gasteiger partial charge on any atom is -0.467 e. The van der Waals surface area contributed by atoms with Crippen molar-refractivity contribution in [3.05, 3.63) is 16.5 Å². The average molecular weight is 274 g/mol. The Balaban J connectivity index is 2.80. The average Bonchev–Trinajstić information content (AvgIpc) is 2.22. The number of aryl methyl sites for hydroxylation is 1. The molecule has 1 heterocycles. The van der Waals surface area contributed by atoms with E-state index in [1.807, 2.05) is 0 Å². The molecular formula is C9H12BrN3O2. The number of esters is 1. The molecule has 0 aliphatic heterocycles. The maximum atomic E-state index is 11.2. The number of carbonyl (C=O) groups is 1. The number of hydrogen-bond acceptors (Lipinski definition) is 5.